The van der Waals surface area contributed by atoms with Gasteiger partial charge in [0.05, 0.1) is 24.1 Å². The van der Waals surface area contributed by atoms with Gasteiger partial charge in [-0.1, -0.05) is 69.7 Å². The smallest absolute Gasteiger partial charge is 0.338 e. The molecule has 0 saturated heterocycles. The van der Waals surface area contributed by atoms with Crippen molar-refractivity contribution in [2.75, 3.05) is 44.4 Å². The molecule has 0 spiro atoms. The number of anilines is 1. The summed E-state index contributed by atoms with van der Waals surface area (Å²) in [6.45, 7) is 9.52. The third-order valence-electron chi connectivity index (χ3n) is 7.05. The van der Waals surface area contributed by atoms with E-state index in [1.54, 1.807) is 36.4 Å². The predicted octanol–water partition coefficient (Wildman–Crippen LogP) is 5.04. The molecule has 244 valence electrons. The number of ether oxygens (including phenoxy) is 3. The number of carbonyl (C=O) groups is 2. The van der Waals surface area contributed by atoms with Gasteiger partial charge in [0.2, 0.25) is 15.9 Å². The Bertz CT molecular complexity index is 1460. The number of rotatable bonds is 19. The van der Waals surface area contributed by atoms with E-state index < -0.39 is 27.9 Å². The van der Waals surface area contributed by atoms with Crippen LogP contribution >= 0.6 is 0 Å². The van der Waals surface area contributed by atoms with Crippen molar-refractivity contribution in [3.63, 3.8) is 0 Å². The number of carbonyl (C=O) groups excluding carboxylic acids is 2. The lowest BCUT2D eigenvalue weighted by atomic mass is 10.1. The van der Waals surface area contributed by atoms with Gasteiger partial charge in [-0.2, -0.15) is 0 Å². The number of likely N-dealkylation sites (N-methyl/N-ethyl adjacent to an activating group) is 1. The van der Waals surface area contributed by atoms with E-state index in [1.165, 1.54) is 6.07 Å². The Hall–Kier alpha value is -3.93. The lowest BCUT2D eigenvalue weighted by Gasteiger charge is -2.20. The van der Waals surface area contributed by atoms with E-state index >= 15 is 0 Å². The first-order valence-corrected chi connectivity index (χ1v) is 17.2. The SMILES string of the molecule is CCCCOc1cc(C(=O)OCCN(CC)CC)ccc1NC(=O)[C@@H](Cc1ccc(OCc2ccccc2)cc1)NS(C)(=O)=O. The molecule has 0 aliphatic rings. The van der Waals surface area contributed by atoms with E-state index in [0.29, 0.717) is 42.5 Å². The first kappa shape index (κ1) is 35.5. The summed E-state index contributed by atoms with van der Waals surface area (Å²) in [6.07, 6.45) is 2.77. The molecule has 10 nitrogen and oxygen atoms in total. The van der Waals surface area contributed by atoms with E-state index in [1.807, 2.05) is 51.1 Å². The molecule has 0 fully saturated rings. The Kier molecular flexibility index (Phi) is 14.3. The van der Waals surface area contributed by atoms with Crippen LogP contribution in [-0.2, 0) is 32.6 Å². The zero-order valence-corrected chi connectivity index (χ0v) is 27.4. The van der Waals surface area contributed by atoms with Gasteiger partial charge in [0.1, 0.15) is 30.8 Å². The fraction of sp³-hybridized carbons (Fsp3) is 0.412. The van der Waals surface area contributed by atoms with Crippen molar-refractivity contribution in [3.05, 3.63) is 89.5 Å². The van der Waals surface area contributed by atoms with Crippen LogP contribution in [0.25, 0.3) is 0 Å². The van der Waals surface area contributed by atoms with Crippen LogP contribution in [0.3, 0.4) is 0 Å². The van der Waals surface area contributed by atoms with Crippen molar-refractivity contribution in [1.29, 1.82) is 0 Å². The second-order valence-electron chi connectivity index (χ2n) is 10.6. The minimum absolute atomic E-state index is 0.0981. The highest BCUT2D eigenvalue weighted by molar-refractivity contribution is 7.88. The summed E-state index contributed by atoms with van der Waals surface area (Å²) in [5.41, 5.74) is 2.38. The van der Waals surface area contributed by atoms with Crippen LogP contribution in [0, 0.1) is 0 Å². The van der Waals surface area contributed by atoms with Gasteiger partial charge in [-0.25, -0.2) is 17.9 Å². The molecule has 0 unspecified atom stereocenters. The van der Waals surface area contributed by atoms with E-state index in [0.717, 1.165) is 43.3 Å². The van der Waals surface area contributed by atoms with Crippen LogP contribution in [0.15, 0.2) is 72.8 Å². The summed E-state index contributed by atoms with van der Waals surface area (Å²) in [4.78, 5) is 28.4. The Morgan fingerprint density at radius 2 is 1.58 bits per heavy atom. The monoisotopic (exact) mass is 639 g/mol. The van der Waals surface area contributed by atoms with Crippen molar-refractivity contribution in [3.8, 4) is 11.5 Å². The first-order valence-electron chi connectivity index (χ1n) is 15.3. The number of amides is 1. The molecule has 0 radical (unpaired) electrons. The van der Waals surface area contributed by atoms with Gasteiger partial charge in [0, 0.05) is 6.54 Å². The Balaban J connectivity index is 1.72. The average molecular weight is 640 g/mol. The maximum atomic E-state index is 13.5. The molecular formula is C34H45N3O7S. The van der Waals surface area contributed by atoms with Crippen LogP contribution in [0.1, 0.15) is 55.1 Å². The number of sulfonamides is 1. The number of hydrogen-bond acceptors (Lipinski definition) is 8. The molecule has 1 amide bonds. The normalized spacial score (nSPS) is 12.0. The number of unbranched alkanes of at least 4 members (excludes halogenated alkanes) is 1. The minimum atomic E-state index is -3.72. The van der Waals surface area contributed by atoms with Crippen LogP contribution in [-0.4, -0.2) is 70.3 Å². The third kappa shape index (κ3) is 12.5. The van der Waals surface area contributed by atoms with Crippen molar-refractivity contribution >= 4 is 27.6 Å². The van der Waals surface area contributed by atoms with Crippen LogP contribution in [0.2, 0.25) is 0 Å². The molecule has 0 aliphatic carbocycles. The second kappa shape index (κ2) is 18.1. The third-order valence-corrected chi connectivity index (χ3v) is 7.76. The van der Waals surface area contributed by atoms with Crippen LogP contribution < -0.4 is 19.5 Å². The summed E-state index contributed by atoms with van der Waals surface area (Å²) in [7, 11) is -3.72. The van der Waals surface area contributed by atoms with E-state index in [2.05, 4.69) is 14.9 Å². The van der Waals surface area contributed by atoms with Crippen molar-refractivity contribution in [1.82, 2.24) is 9.62 Å². The topological polar surface area (TPSA) is 123 Å². The van der Waals surface area contributed by atoms with Gasteiger partial charge >= 0.3 is 5.97 Å². The van der Waals surface area contributed by atoms with Crippen LogP contribution in [0.4, 0.5) is 5.69 Å². The first-order chi connectivity index (χ1) is 21.6. The molecule has 0 bridgehead atoms. The van der Waals surface area contributed by atoms with Gasteiger partial charge < -0.3 is 24.4 Å². The Labute approximate surface area is 267 Å². The van der Waals surface area contributed by atoms with Crippen molar-refractivity contribution < 1.29 is 32.2 Å². The Morgan fingerprint density at radius 3 is 2.22 bits per heavy atom. The molecule has 3 rings (SSSR count). The number of benzene rings is 3. The molecule has 11 heteroatoms. The summed E-state index contributed by atoms with van der Waals surface area (Å²) in [6, 6.07) is 20.5. The molecule has 3 aromatic carbocycles. The zero-order valence-electron chi connectivity index (χ0n) is 26.6. The second-order valence-corrected chi connectivity index (χ2v) is 12.4. The highest BCUT2D eigenvalue weighted by Gasteiger charge is 2.24. The molecule has 3 aromatic rings. The largest absolute Gasteiger partial charge is 0.491 e. The number of hydrogen-bond donors (Lipinski definition) is 2. The molecule has 0 aliphatic heterocycles. The number of nitrogens with zero attached hydrogens (tertiary/aromatic N) is 1. The lowest BCUT2D eigenvalue weighted by molar-refractivity contribution is -0.117. The van der Waals surface area contributed by atoms with Gasteiger partial charge in [-0.3, -0.25) is 4.79 Å². The van der Waals surface area contributed by atoms with E-state index in [-0.39, 0.29) is 13.0 Å². The van der Waals surface area contributed by atoms with Crippen molar-refractivity contribution in [2.45, 2.75) is 52.7 Å². The summed E-state index contributed by atoms with van der Waals surface area (Å²) in [5, 5.41) is 2.80. The van der Waals surface area contributed by atoms with Gasteiger partial charge in [0.15, 0.2) is 0 Å². The fourth-order valence-electron chi connectivity index (χ4n) is 4.45. The lowest BCUT2D eigenvalue weighted by Crippen LogP contribution is -2.44. The number of esters is 1. The molecule has 0 saturated carbocycles. The molecule has 1 atom stereocenters. The van der Waals surface area contributed by atoms with E-state index in [4.69, 9.17) is 14.2 Å². The average Bonchev–Trinajstić information content (AvgIpc) is 3.03. The standard InChI is InChI=1S/C34H45N3O7S/c1-5-8-21-42-32-24-28(34(39)43-22-20-37(6-2)7-3)16-19-30(32)35-33(38)31(36-45(4,40)41)23-26-14-17-29(18-15-26)44-25-27-12-10-9-11-13-27/h9-19,24,31,36H,5-8,20-23,25H2,1-4H3,(H,35,38)/t31-/m1/s1. The molecule has 45 heavy (non-hydrogen) atoms. The minimum Gasteiger partial charge on any atom is -0.491 e. The maximum Gasteiger partial charge on any atom is 0.338 e. The highest BCUT2D eigenvalue weighted by atomic mass is 32.2. The molecule has 0 heterocycles. The Morgan fingerprint density at radius 1 is 0.867 bits per heavy atom. The quantitative estimate of drug-likeness (QED) is 0.138. The van der Waals surface area contributed by atoms with Crippen LogP contribution in [0.5, 0.6) is 11.5 Å². The van der Waals surface area contributed by atoms with Gasteiger partial charge in [-0.15, -0.1) is 0 Å². The summed E-state index contributed by atoms with van der Waals surface area (Å²) in [5.74, 6) is -0.110. The van der Waals surface area contributed by atoms with Gasteiger partial charge in [-0.05, 0) is 67.4 Å². The molecule has 0 aromatic heterocycles. The van der Waals surface area contributed by atoms with E-state index in [9.17, 15) is 18.0 Å². The summed E-state index contributed by atoms with van der Waals surface area (Å²) >= 11 is 0. The predicted molar refractivity (Wildman–Crippen MR) is 176 cm³/mol. The number of nitrogens with one attached hydrogen (secondary N) is 2. The zero-order chi connectivity index (χ0) is 32.7. The highest BCUT2D eigenvalue weighted by Crippen LogP contribution is 2.27. The summed E-state index contributed by atoms with van der Waals surface area (Å²) < 4.78 is 44.1. The maximum absolute atomic E-state index is 13.5. The van der Waals surface area contributed by atoms with Crippen molar-refractivity contribution in [2.24, 2.45) is 0 Å². The molecule has 2 N–H and O–H groups in total. The van der Waals surface area contributed by atoms with Gasteiger partial charge in [0.25, 0.3) is 0 Å². The molecular weight excluding hydrogens is 594 g/mol. The fourth-order valence-corrected chi connectivity index (χ4v) is 5.16.